The summed E-state index contributed by atoms with van der Waals surface area (Å²) >= 11 is 3.73. The fourth-order valence-electron chi connectivity index (χ4n) is 2.31. The van der Waals surface area contributed by atoms with Crippen molar-refractivity contribution in [3.8, 4) is 0 Å². The molecule has 78 valence electrons. The summed E-state index contributed by atoms with van der Waals surface area (Å²) in [5, 5.41) is 0. The van der Waals surface area contributed by atoms with Gasteiger partial charge in [0.05, 0.1) is 12.0 Å². The number of aromatic nitrogens is 2. The lowest BCUT2D eigenvalue weighted by Crippen LogP contribution is -2.21. The van der Waals surface area contributed by atoms with Crippen molar-refractivity contribution in [2.24, 2.45) is 13.0 Å². The molecule has 14 heavy (non-hydrogen) atoms. The second-order valence-corrected chi connectivity index (χ2v) is 5.75. The van der Waals surface area contributed by atoms with Gasteiger partial charge in [-0.3, -0.25) is 0 Å². The molecule has 0 bridgehead atoms. The number of halogens is 1. The number of alkyl halides is 1. The van der Waals surface area contributed by atoms with E-state index in [1.807, 2.05) is 17.9 Å². The molecule has 0 spiro atoms. The van der Waals surface area contributed by atoms with Gasteiger partial charge in [-0.05, 0) is 25.2 Å². The molecule has 0 aliphatic heterocycles. The van der Waals surface area contributed by atoms with Gasteiger partial charge in [0.2, 0.25) is 0 Å². The largest absolute Gasteiger partial charge is 0.340 e. The van der Waals surface area contributed by atoms with Crippen LogP contribution in [0.4, 0.5) is 0 Å². The summed E-state index contributed by atoms with van der Waals surface area (Å²) in [4.78, 5) is 5.15. The van der Waals surface area contributed by atoms with Gasteiger partial charge in [-0.1, -0.05) is 22.9 Å². The van der Waals surface area contributed by atoms with Crippen LogP contribution in [0.15, 0.2) is 12.5 Å². The van der Waals surface area contributed by atoms with Crippen molar-refractivity contribution in [1.82, 2.24) is 9.55 Å². The van der Waals surface area contributed by atoms with Gasteiger partial charge < -0.3 is 4.57 Å². The smallest absolute Gasteiger partial charge is 0.0946 e. The van der Waals surface area contributed by atoms with Crippen molar-refractivity contribution in [1.29, 1.82) is 0 Å². The molecular formula is C11H17BrN2. The molecule has 3 unspecified atom stereocenters. The molecule has 3 heteroatoms. The Morgan fingerprint density at radius 2 is 2.29 bits per heavy atom. The van der Waals surface area contributed by atoms with Crippen molar-refractivity contribution in [3.05, 3.63) is 18.2 Å². The predicted octanol–water partition coefficient (Wildman–Crippen LogP) is 3.09. The molecule has 0 saturated heterocycles. The SMILES string of the molecule is CC1CCC(Br)CC1c1cn(C)cn1. The Morgan fingerprint density at radius 1 is 1.50 bits per heavy atom. The maximum absolute atomic E-state index is 4.47. The summed E-state index contributed by atoms with van der Waals surface area (Å²) in [7, 11) is 2.04. The summed E-state index contributed by atoms with van der Waals surface area (Å²) in [6.45, 7) is 2.35. The van der Waals surface area contributed by atoms with Crippen LogP contribution in [-0.2, 0) is 7.05 Å². The molecule has 1 aromatic rings. The van der Waals surface area contributed by atoms with E-state index in [1.165, 1.54) is 25.0 Å². The lowest BCUT2D eigenvalue weighted by atomic mass is 9.79. The van der Waals surface area contributed by atoms with Crippen LogP contribution in [0.3, 0.4) is 0 Å². The summed E-state index contributed by atoms with van der Waals surface area (Å²) in [6, 6.07) is 0. The third kappa shape index (κ3) is 2.02. The Kier molecular flexibility index (Phi) is 2.96. The molecule has 0 N–H and O–H groups in total. The zero-order valence-corrected chi connectivity index (χ0v) is 10.4. The minimum atomic E-state index is 0.648. The first kappa shape index (κ1) is 10.2. The maximum Gasteiger partial charge on any atom is 0.0946 e. The Morgan fingerprint density at radius 3 is 2.93 bits per heavy atom. The van der Waals surface area contributed by atoms with E-state index in [2.05, 4.69) is 34.0 Å². The highest BCUT2D eigenvalue weighted by molar-refractivity contribution is 9.09. The molecule has 1 aromatic heterocycles. The highest BCUT2D eigenvalue weighted by atomic mass is 79.9. The van der Waals surface area contributed by atoms with Gasteiger partial charge in [-0.15, -0.1) is 0 Å². The van der Waals surface area contributed by atoms with Crippen molar-refractivity contribution >= 4 is 15.9 Å². The van der Waals surface area contributed by atoms with Crippen LogP contribution in [0.25, 0.3) is 0 Å². The third-order valence-electron chi connectivity index (χ3n) is 3.24. The zero-order valence-electron chi connectivity index (χ0n) is 8.78. The molecule has 0 radical (unpaired) electrons. The van der Waals surface area contributed by atoms with Gasteiger partial charge in [0, 0.05) is 24.0 Å². The molecule has 2 nitrogen and oxygen atoms in total. The van der Waals surface area contributed by atoms with Gasteiger partial charge in [0.15, 0.2) is 0 Å². The van der Waals surface area contributed by atoms with Gasteiger partial charge in [-0.25, -0.2) is 4.98 Å². The van der Waals surface area contributed by atoms with E-state index in [4.69, 9.17) is 0 Å². The van der Waals surface area contributed by atoms with Crippen molar-refractivity contribution < 1.29 is 0 Å². The van der Waals surface area contributed by atoms with Crippen molar-refractivity contribution in [2.75, 3.05) is 0 Å². The first-order valence-corrected chi connectivity index (χ1v) is 6.20. The van der Waals surface area contributed by atoms with Crippen LogP contribution < -0.4 is 0 Å². The van der Waals surface area contributed by atoms with Crippen molar-refractivity contribution in [3.63, 3.8) is 0 Å². The van der Waals surface area contributed by atoms with Gasteiger partial charge in [0.1, 0.15) is 0 Å². The fraction of sp³-hybridized carbons (Fsp3) is 0.727. The van der Waals surface area contributed by atoms with Crippen LogP contribution in [0, 0.1) is 5.92 Å². The lowest BCUT2D eigenvalue weighted by molar-refractivity contribution is 0.335. The first-order valence-electron chi connectivity index (χ1n) is 5.28. The highest BCUT2D eigenvalue weighted by Crippen LogP contribution is 2.39. The van der Waals surface area contributed by atoms with E-state index in [0.29, 0.717) is 10.7 Å². The van der Waals surface area contributed by atoms with E-state index >= 15 is 0 Å². The Labute approximate surface area is 93.9 Å². The van der Waals surface area contributed by atoms with E-state index < -0.39 is 0 Å². The van der Waals surface area contributed by atoms with Crippen LogP contribution >= 0.6 is 15.9 Å². The lowest BCUT2D eigenvalue weighted by Gasteiger charge is -2.30. The summed E-state index contributed by atoms with van der Waals surface area (Å²) < 4.78 is 2.04. The number of hydrogen-bond acceptors (Lipinski definition) is 1. The monoisotopic (exact) mass is 256 g/mol. The predicted molar refractivity (Wildman–Crippen MR) is 61.7 cm³/mol. The molecule has 1 saturated carbocycles. The normalized spacial score (nSPS) is 33.2. The number of nitrogens with zero attached hydrogens (tertiary/aromatic N) is 2. The summed E-state index contributed by atoms with van der Waals surface area (Å²) in [6.07, 6.45) is 7.92. The van der Waals surface area contributed by atoms with Crippen molar-refractivity contribution in [2.45, 2.75) is 36.9 Å². The van der Waals surface area contributed by atoms with Gasteiger partial charge >= 0.3 is 0 Å². The molecule has 1 heterocycles. The van der Waals surface area contributed by atoms with Crippen LogP contribution in [0.5, 0.6) is 0 Å². The number of hydrogen-bond donors (Lipinski definition) is 0. The molecule has 2 rings (SSSR count). The molecular weight excluding hydrogens is 240 g/mol. The average Bonchev–Trinajstić information content (AvgIpc) is 2.56. The molecule has 1 aliphatic rings. The third-order valence-corrected chi connectivity index (χ3v) is 4.07. The number of imidazole rings is 1. The van der Waals surface area contributed by atoms with E-state index in [9.17, 15) is 0 Å². The highest BCUT2D eigenvalue weighted by Gasteiger charge is 2.28. The summed E-state index contributed by atoms with van der Waals surface area (Å²) in [5.74, 6) is 1.42. The van der Waals surface area contributed by atoms with Crippen LogP contribution in [-0.4, -0.2) is 14.4 Å². The average molecular weight is 257 g/mol. The first-order chi connectivity index (χ1) is 6.66. The van der Waals surface area contributed by atoms with E-state index in [1.54, 1.807) is 0 Å². The molecule has 3 atom stereocenters. The molecule has 1 aliphatic carbocycles. The minimum Gasteiger partial charge on any atom is -0.340 e. The molecule has 1 fully saturated rings. The Bertz CT molecular complexity index is 308. The zero-order chi connectivity index (χ0) is 10.1. The fourth-order valence-corrected chi connectivity index (χ4v) is 2.97. The quantitative estimate of drug-likeness (QED) is 0.707. The maximum atomic E-state index is 4.47. The number of rotatable bonds is 1. The standard InChI is InChI=1S/C11H17BrN2/c1-8-3-4-9(12)5-10(8)11-6-14(2)7-13-11/h6-10H,3-5H2,1-2H3. The topological polar surface area (TPSA) is 17.8 Å². The minimum absolute atomic E-state index is 0.648. The van der Waals surface area contributed by atoms with Gasteiger partial charge in [0.25, 0.3) is 0 Å². The molecule has 0 amide bonds. The van der Waals surface area contributed by atoms with Gasteiger partial charge in [-0.2, -0.15) is 0 Å². The Hall–Kier alpha value is -0.310. The van der Waals surface area contributed by atoms with E-state index in [-0.39, 0.29) is 0 Å². The number of aryl methyl sites for hydroxylation is 1. The second-order valence-electron chi connectivity index (χ2n) is 4.46. The Balaban J connectivity index is 2.15. The summed E-state index contributed by atoms with van der Waals surface area (Å²) in [5.41, 5.74) is 1.27. The van der Waals surface area contributed by atoms with E-state index in [0.717, 1.165) is 5.92 Å². The van der Waals surface area contributed by atoms with Crippen LogP contribution in [0.1, 0.15) is 37.8 Å². The molecule has 0 aromatic carbocycles. The van der Waals surface area contributed by atoms with Crippen LogP contribution in [0.2, 0.25) is 0 Å². The second kappa shape index (κ2) is 4.05.